The number of aromatic amines is 1. The first-order valence-corrected chi connectivity index (χ1v) is 9.20. The van der Waals surface area contributed by atoms with Crippen LogP contribution >= 0.6 is 11.6 Å². The minimum absolute atomic E-state index is 0.000687. The van der Waals surface area contributed by atoms with E-state index in [2.05, 4.69) is 0 Å². The smallest absolute Gasteiger partial charge is 0.343 e. The first-order valence-electron chi connectivity index (χ1n) is 8.82. The highest BCUT2D eigenvalue weighted by molar-refractivity contribution is 6.30. The minimum Gasteiger partial charge on any atom is -0.493 e. The van der Waals surface area contributed by atoms with Gasteiger partial charge in [-0.25, -0.2) is 14.4 Å². The first-order chi connectivity index (χ1) is 15.1. The molecule has 0 spiro atoms. The van der Waals surface area contributed by atoms with Crippen molar-refractivity contribution in [3.63, 3.8) is 0 Å². The molecular weight excluding hydrogens is 444 g/mol. The number of pyridine rings is 1. The molecule has 32 heavy (non-hydrogen) atoms. The molecule has 10 nitrogen and oxygen atoms in total. The second-order valence-electron chi connectivity index (χ2n) is 6.37. The summed E-state index contributed by atoms with van der Waals surface area (Å²) in [5.74, 6) is -4.47. The van der Waals surface area contributed by atoms with Crippen LogP contribution in [0.3, 0.4) is 0 Å². The van der Waals surface area contributed by atoms with E-state index in [9.17, 15) is 29.4 Å². The number of rotatable bonds is 6. The lowest BCUT2D eigenvalue weighted by Gasteiger charge is -2.15. The van der Waals surface area contributed by atoms with Gasteiger partial charge in [0, 0.05) is 10.6 Å². The normalized spacial score (nSPS) is 10.4. The fourth-order valence-corrected chi connectivity index (χ4v) is 3.11. The number of carbonyl (C=O) groups is 3. The summed E-state index contributed by atoms with van der Waals surface area (Å²) < 4.78 is 10.5. The van der Waals surface area contributed by atoms with Crippen LogP contribution in [0.4, 0.5) is 5.82 Å². The van der Waals surface area contributed by atoms with Crippen molar-refractivity contribution in [3.05, 3.63) is 74.5 Å². The summed E-state index contributed by atoms with van der Waals surface area (Å²) in [6, 6.07) is 9.73. The van der Waals surface area contributed by atoms with Crippen molar-refractivity contribution >= 4 is 35.3 Å². The maximum Gasteiger partial charge on any atom is 0.343 e. The number of aromatic nitrogens is 1. The number of aromatic carboxylic acids is 2. The number of anilines is 1. The number of hydrogen-bond donors (Lipinski definition) is 4. The zero-order valence-electron chi connectivity index (χ0n) is 16.3. The number of methoxy groups -OCH3 is 1. The van der Waals surface area contributed by atoms with Crippen molar-refractivity contribution in [3.8, 4) is 22.6 Å². The lowest BCUT2D eigenvalue weighted by molar-refractivity contribution is 0.0693. The van der Waals surface area contributed by atoms with E-state index in [-0.39, 0.29) is 22.6 Å². The van der Waals surface area contributed by atoms with Crippen LogP contribution in [0.5, 0.6) is 11.5 Å². The summed E-state index contributed by atoms with van der Waals surface area (Å²) in [5.41, 5.74) is 2.93. The van der Waals surface area contributed by atoms with E-state index in [4.69, 9.17) is 26.8 Å². The fraction of sp³-hybridized carbons (Fsp3) is 0.0476. The number of nitrogens with one attached hydrogen (secondary N) is 1. The molecule has 5 N–H and O–H groups in total. The number of nitrogen functional groups attached to an aromatic ring is 1. The van der Waals surface area contributed by atoms with Gasteiger partial charge in [0.2, 0.25) is 0 Å². The number of carboxylic acids is 2. The van der Waals surface area contributed by atoms with Crippen LogP contribution in [-0.2, 0) is 0 Å². The molecule has 0 atom stereocenters. The summed E-state index contributed by atoms with van der Waals surface area (Å²) in [6.07, 6.45) is 0. The van der Waals surface area contributed by atoms with Crippen LogP contribution in [0.15, 0.2) is 47.3 Å². The van der Waals surface area contributed by atoms with Crippen LogP contribution in [0.1, 0.15) is 31.1 Å². The summed E-state index contributed by atoms with van der Waals surface area (Å²) in [7, 11) is 1.26. The predicted octanol–water partition coefficient (Wildman–Crippen LogP) is 2.90. The van der Waals surface area contributed by atoms with Gasteiger partial charge in [0.15, 0.2) is 11.5 Å². The Balaban J connectivity index is 2.13. The van der Waals surface area contributed by atoms with Gasteiger partial charge < -0.3 is 30.4 Å². The van der Waals surface area contributed by atoms with Crippen molar-refractivity contribution < 1.29 is 34.1 Å². The van der Waals surface area contributed by atoms with Gasteiger partial charge in [0.25, 0.3) is 5.56 Å². The minimum atomic E-state index is -1.65. The molecule has 0 bridgehead atoms. The van der Waals surface area contributed by atoms with Gasteiger partial charge in [-0.3, -0.25) is 4.79 Å². The SMILES string of the molecule is COc1cc(-c2c(C(=O)O)c(N)[nH]c(=O)c2C(=O)O)ccc1OC(=O)c1ccc(Cl)cc1. The Morgan fingerprint density at radius 3 is 2.16 bits per heavy atom. The van der Waals surface area contributed by atoms with Crippen LogP contribution in [0, 0.1) is 0 Å². The average molecular weight is 459 g/mol. The van der Waals surface area contributed by atoms with Gasteiger partial charge in [0.05, 0.1) is 12.7 Å². The van der Waals surface area contributed by atoms with E-state index in [1.165, 1.54) is 49.6 Å². The molecule has 2 aromatic carbocycles. The molecule has 0 unspecified atom stereocenters. The van der Waals surface area contributed by atoms with Gasteiger partial charge in [0.1, 0.15) is 16.9 Å². The molecule has 3 rings (SSSR count). The zero-order valence-corrected chi connectivity index (χ0v) is 17.1. The van der Waals surface area contributed by atoms with Crippen molar-refractivity contribution in [1.82, 2.24) is 4.98 Å². The van der Waals surface area contributed by atoms with Gasteiger partial charge in [-0.15, -0.1) is 0 Å². The number of nitrogens with two attached hydrogens (primary N) is 1. The van der Waals surface area contributed by atoms with Gasteiger partial charge in [-0.1, -0.05) is 17.7 Å². The molecule has 1 heterocycles. The Labute approximate surface area is 184 Å². The summed E-state index contributed by atoms with van der Waals surface area (Å²) in [4.78, 5) is 50.0. The number of esters is 1. The lowest BCUT2D eigenvalue weighted by Crippen LogP contribution is -2.24. The summed E-state index contributed by atoms with van der Waals surface area (Å²) in [6.45, 7) is 0. The molecule has 0 radical (unpaired) electrons. The molecule has 3 aromatic rings. The van der Waals surface area contributed by atoms with Gasteiger partial charge >= 0.3 is 17.9 Å². The third-order valence-corrected chi connectivity index (χ3v) is 4.66. The van der Waals surface area contributed by atoms with E-state index in [1.807, 2.05) is 4.98 Å². The molecule has 0 aliphatic rings. The highest BCUT2D eigenvalue weighted by atomic mass is 35.5. The molecule has 0 fully saturated rings. The maximum absolute atomic E-state index is 12.4. The number of halogens is 1. The number of benzene rings is 2. The van der Waals surface area contributed by atoms with E-state index >= 15 is 0 Å². The van der Waals surface area contributed by atoms with Crippen LogP contribution in [-0.4, -0.2) is 40.2 Å². The fourth-order valence-electron chi connectivity index (χ4n) is 2.99. The monoisotopic (exact) mass is 458 g/mol. The Morgan fingerprint density at radius 1 is 0.969 bits per heavy atom. The molecular formula is C21H15ClN2O8. The van der Waals surface area contributed by atoms with Crippen molar-refractivity contribution in [1.29, 1.82) is 0 Å². The van der Waals surface area contributed by atoms with Crippen LogP contribution in [0.25, 0.3) is 11.1 Å². The van der Waals surface area contributed by atoms with Crippen molar-refractivity contribution in [2.24, 2.45) is 0 Å². The van der Waals surface area contributed by atoms with E-state index in [0.717, 1.165) is 0 Å². The summed E-state index contributed by atoms with van der Waals surface area (Å²) in [5, 5.41) is 19.5. The third kappa shape index (κ3) is 4.25. The number of carbonyl (C=O) groups excluding carboxylic acids is 1. The number of carboxylic acid groups (broad SMARTS) is 2. The van der Waals surface area contributed by atoms with E-state index < -0.39 is 46.0 Å². The van der Waals surface area contributed by atoms with Crippen LogP contribution < -0.4 is 20.8 Å². The Bertz CT molecular complexity index is 1300. The van der Waals surface area contributed by atoms with Gasteiger partial charge in [-0.05, 0) is 42.0 Å². The largest absolute Gasteiger partial charge is 0.493 e. The number of H-pyrrole nitrogens is 1. The van der Waals surface area contributed by atoms with Crippen molar-refractivity contribution in [2.75, 3.05) is 12.8 Å². The van der Waals surface area contributed by atoms with E-state index in [0.29, 0.717) is 5.02 Å². The molecule has 0 saturated carbocycles. The van der Waals surface area contributed by atoms with Gasteiger partial charge in [-0.2, -0.15) is 0 Å². The second kappa shape index (κ2) is 8.82. The topological polar surface area (TPSA) is 169 Å². The Kier molecular flexibility index (Phi) is 6.17. The van der Waals surface area contributed by atoms with E-state index in [1.54, 1.807) is 0 Å². The average Bonchev–Trinajstić information content (AvgIpc) is 2.73. The standard InChI is InChI=1S/C21H15ClN2O8/c1-31-13-8-10(4-7-12(13)32-21(30)9-2-5-11(22)6-3-9)14-15(19(26)27)17(23)24-18(25)16(14)20(28)29/h2-8H,1H3,(H,26,27)(H,28,29)(H3,23,24,25). The zero-order chi connectivity index (χ0) is 23.6. The molecule has 164 valence electrons. The highest BCUT2D eigenvalue weighted by Crippen LogP contribution is 2.36. The molecule has 0 aliphatic carbocycles. The molecule has 0 amide bonds. The first kappa shape index (κ1) is 22.4. The number of ether oxygens (including phenoxy) is 2. The third-order valence-electron chi connectivity index (χ3n) is 4.41. The van der Waals surface area contributed by atoms with Crippen LogP contribution in [0.2, 0.25) is 5.02 Å². The predicted molar refractivity (Wildman–Crippen MR) is 114 cm³/mol. The Hall–Kier alpha value is -4.31. The second-order valence-corrected chi connectivity index (χ2v) is 6.80. The molecule has 0 saturated heterocycles. The van der Waals surface area contributed by atoms with Crippen molar-refractivity contribution in [2.45, 2.75) is 0 Å². The Morgan fingerprint density at radius 2 is 1.59 bits per heavy atom. The maximum atomic E-state index is 12.4. The number of hydrogen-bond acceptors (Lipinski definition) is 7. The molecule has 1 aromatic heterocycles. The highest BCUT2D eigenvalue weighted by Gasteiger charge is 2.27. The lowest BCUT2D eigenvalue weighted by atomic mass is 9.95. The summed E-state index contributed by atoms with van der Waals surface area (Å²) >= 11 is 5.80. The molecule has 11 heteroatoms. The molecule has 0 aliphatic heterocycles. The quantitative estimate of drug-likeness (QED) is 0.320.